The summed E-state index contributed by atoms with van der Waals surface area (Å²) in [5.41, 5.74) is 1.64. The second kappa shape index (κ2) is 9.98. The average Bonchev–Trinajstić information content (AvgIpc) is 3.52. The van der Waals surface area contributed by atoms with E-state index in [-0.39, 0.29) is 18.6 Å². The van der Waals surface area contributed by atoms with Gasteiger partial charge in [0, 0.05) is 37.2 Å². The van der Waals surface area contributed by atoms with Gasteiger partial charge in [0.2, 0.25) is 0 Å². The Hall–Kier alpha value is -2.74. The molecule has 1 fully saturated rings. The third kappa shape index (κ3) is 6.77. The first kappa shape index (κ1) is 20.0. The zero-order valence-corrected chi connectivity index (χ0v) is 15.5. The zero-order chi connectivity index (χ0) is 19.8. The second-order valence-corrected chi connectivity index (χ2v) is 6.67. The average molecular weight is 390 g/mol. The fourth-order valence-electron chi connectivity index (χ4n) is 2.81. The quantitative estimate of drug-likeness (QED) is 0.652. The van der Waals surface area contributed by atoms with Gasteiger partial charge >= 0.3 is 6.03 Å². The monoisotopic (exact) mass is 390 g/mol. The summed E-state index contributed by atoms with van der Waals surface area (Å²) in [5, 5.41) is 5.43. The van der Waals surface area contributed by atoms with Crippen LogP contribution in [0.1, 0.15) is 18.4 Å². The molecule has 150 valence electrons. The highest BCUT2D eigenvalue weighted by atomic mass is 19.3. The molecular formula is C20H24F2N4O2. The minimum atomic E-state index is -2.35. The lowest BCUT2D eigenvalue weighted by Crippen LogP contribution is -2.39. The minimum Gasteiger partial charge on any atom is -0.489 e. The molecule has 1 saturated carbocycles. The highest BCUT2D eigenvalue weighted by molar-refractivity contribution is 5.89. The van der Waals surface area contributed by atoms with E-state index in [1.807, 2.05) is 12.1 Å². The van der Waals surface area contributed by atoms with Crippen LogP contribution >= 0.6 is 0 Å². The van der Waals surface area contributed by atoms with Crippen LogP contribution in [0.15, 0.2) is 48.8 Å². The molecule has 1 aliphatic rings. The lowest BCUT2D eigenvalue weighted by molar-refractivity contribution is 0.0851. The van der Waals surface area contributed by atoms with Gasteiger partial charge in [0.15, 0.2) is 0 Å². The van der Waals surface area contributed by atoms with E-state index in [4.69, 9.17) is 4.74 Å². The number of aromatic nitrogens is 1. The van der Waals surface area contributed by atoms with Gasteiger partial charge in [-0.15, -0.1) is 0 Å². The topological polar surface area (TPSA) is 66.5 Å². The van der Waals surface area contributed by atoms with Crippen LogP contribution in [0.25, 0.3) is 0 Å². The molecule has 0 atom stereocenters. The standard InChI is InChI=1S/C20H24F2N4O2/c21-19(22)13-26(17-3-4-17)12-11-24-20(27)25-16-1-5-18(6-2-16)28-14-15-7-9-23-10-8-15/h1-2,5-10,17,19H,3-4,11-14H2,(H2,24,25,27). The number of amides is 2. The number of halogens is 2. The first-order chi connectivity index (χ1) is 13.6. The summed E-state index contributed by atoms with van der Waals surface area (Å²) < 4.78 is 30.8. The summed E-state index contributed by atoms with van der Waals surface area (Å²) in [5.74, 6) is 0.690. The summed E-state index contributed by atoms with van der Waals surface area (Å²) >= 11 is 0. The van der Waals surface area contributed by atoms with Gasteiger partial charge in [0.1, 0.15) is 12.4 Å². The summed E-state index contributed by atoms with van der Waals surface area (Å²) in [6.07, 6.45) is 2.97. The second-order valence-electron chi connectivity index (χ2n) is 6.67. The number of benzene rings is 1. The zero-order valence-electron chi connectivity index (χ0n) is 15.5. The maximum Gasteiger partial charge on any atom is 0.319 e. The Balaban J connectivity index is 1.38. The molecule has 0 saturated heterocycles. The predicted molar refractivity (Wildman–Crippen MR) is 103 cm³/mol. The third-order valence-corrected chi connectivity index (χ3v) is 4.39. The Morgan fingerprint density at radius 2 is 1.89 bits per heavy atom. The number of rotatable bonds is 10. The van der Waals surface area contributed by atoms with Gasteiger partial charge in [0.25, 0.3) is 6.43 Å². The van der Waals surface area contributed by atoms with Gasteiger partial charge < -0.3 is 15.4 Å². The highest BCUT2D eigenvalue weighted by Gasteiger charge is 2.30. The number of urea groups is 1. The summed E-state index contributed by atoms with van der Waals surface area (Å²) in [7, 11) is 0. The van der Waals surface area contributed by atoms with Crippen LogP contribution < -0.4 is 15.4 Å². The van der Waals surface area contributed by atoms with Crippen LogP contribution in [-0.4, -0.2) is 48.0 Å². The molecule has 28 heavy (non-hydrogen) atoms. The number of anilines is 1. The SMILES string of the molecule is O=C(NCCN(CC(F)F)C1CC1)Nc1ccc(OCc2ccncc2)cc1. The Kier molecular flexibility index (Phi) is 7.13. The molecule has 0 unspecified atom stereocenters. The van der Waals surface area contributed by atoms with Crippen molar-refractivity contribution in [1.29, 1.82) is 0 Å². The van der Waals surface area contributed by atoms with Crippen LogP contribution in [0.3, 0.4) is 0 Å². The van der Waals surface area contributed by atoms with Crippen molar-refractivity contribution >= 4 is 11.7 Å². The van der Waals surface area contributed by atoms with Crippen molar-refractivity contribution in [2.45, 2.75) is 31.9 Å². The van der Waals surface area contributed by atoms with Crippen LogP contribution in [0.4, 0.5) is 19.3 Å². The van der Waals surface area contributed by atoms with Crippen molar-refractivity contribution in [1.82, 2.24) is 15.2 Å². The number of alkyl halides is 2. The van der Waals surface area contributed by atoms with Gasteiger partial charge in [0.05, 0.1) is 6.54 Å². The first-order valence-corrected chi connectivity index (χ1v) is 9.29. The lowest BCUT2D eigenvalue weighted by Gasteiger charge is -2.21. The fourth-order valence-corrected chi connectivity index (χ4v) is 2.81. The van der Waals surface area contributed by atoms with E-state index in [2.05, 4.69) is 15.6 Å². The largest absolute Gasteiger partial charge is 0.489 e. The van der Waals surface area contributed by atoms with E-state index in [1.165, 1.54) is 0 Å². The minimum absolute atomic E-state index is 0.235. The van der Waals surface area contributed by atoms with Crippen LogP contribution in [-0.2, 0) is 6.61 Å². The lowest BCUT2D eigenvalue weighted by atomic mass is 10.3. The van der Waals surface area contributed by atoms with Gasteiger partial charge in [-0.2, -0.15) is 0 Å². The Morgan fingerprint density at radius 1 is 1.18 bits per heavy atom. The van der Waals surface area contributed by atoms with E-state index in [1.54, 1.807) is 41.6 Å². The maximum absolute atomic E-state index is 12.6. The van der Waals surface area contributed by atoms with Crippen molar-refractivity contribution in [3.05, 3.63) is 54.4 Å². The summed E-state index contributed by atoms with van der Waals surface area (Å²) in [6.45, 7) is 0.938. The molecule has 0 radical (unpaired) electrons. The van der Waals surface area contributed by atoms with E-state index in [9.17, 15) is 13.6 Å². The molecule has 0 bridgehead atoms. The number of carbonyl (C=O) groups excluding carboxylic acids is 1. The maximum atomic E-state index is 12.6. The first-order valence-electron chi connectivity index (χ1n) is 9.29. The molecule has 1 aliphatic carbocycles. The molecule has 3 rings (SSSR count). The van der Waals surface area contributed by atoms with Crippen LogP contribution in [0.5, 0.6) is 5.75 Å². The number of hydrogen-bond acceptors (Lipinski definition) is 4. The molecular weight excluding hydrogens is 366 g/mol. The molecule has 1 aromatic carbocycles. The van der Waals surface area contributed by atoms with E-state index < -0.39 is 6.43 Å². The molecule has 1 aromatic heterocycles. The molecule has 6 nitrogen and oxygen atoms in total. The molecule has 8 heteroatoms. The number of nitrogens with one attached hydrogen (secondary N) is 2. The van der Waals surface area contributed by atoms with Crippen LogP contribution in [0.2, 0.25) is 0 Å². The molecule has 1 heterocycles. The number of ether oxygens (including phenoxy) is 1. The van der Waals surface area contributed by atoms with Gasteiger partial charge in [-0.1, -0.05) is 0 Å². The Morgan fingerprint density at radius 3 is 2.54 bits per heavy atom. The van der Waals surface area contributed by atoms with E-state index in [0.29, 0.717) is 31.1 Å². The van der Waals surface area contributed by atoms with Crippen molar-refractivity contribution in [3.63, 3.8) is 0 Å². The Bertz CT molecular complexity index is 740. The van der Waals surface area contributed by atoms with Crippen molar-refractivity contribution in [2.75, 3.05) is 25.0 Å². The summed E-state index contributed by atoms with van der Waals surface area (Å²) in [6, 6.07) is 10.7. The highest BCUT2D eigenvalue weighted by Crippen LogP contribution is 2.26. The van der Waals surface area contributed by atoms with Crippen molar-refractivity contribution < 1.29 is 18.3 Å². The number of pyridine rings is 1. The predicted octanol–water partition coefficient (Wildman–Crippen LogP) is 3.51. The smallest absolute Gasteiger partial charge is 0.319 e. The number of nitrogens with zero attached hydrogens (tertiary/aromatic N) is 2. The van der Waals surface area contributed by atoms with E-state index >= 15 is 0 Å². The molecule has 2 aromatic rings. The summed E-state index contributed by atoms with van der Waals surface area (Å²) in [4.78, 5) is 17.7. The van der Waals surface area contributed by atoms with Crippen molar-refractivity contribution in [3.8, 4) is 5.75 Å². The van der Waals surface area contributed by atoms with Crippen molar-refractivity contribution in [2.24, 2.45) is 0 Å². The Labute approximate surface area is 162 Å². The fraction of sp³-hybridized carbons (Fsp3) is 0.400. The van der Waals surface area contributed by atoms with Crippen LogP contribution in [0, 0.1) is 0 Å². The number of carbonyl (C=O) groups is 1. The van der Waals surface area contributed by atoms with Gasteiger partial charge in [-0.05, 0) is 54.8 Å². The molecule has 2 N–H and O–H groups in total. The molecule has 0 spiro atoms. The van der Waals surface area contributed by atoms with Gasteiger partial charge in [-0.25, -0.2) is 13.6 Å². The normalized spacial score (nSPS) is 13.6. The third-order valence-electron chi connectivity index (χ3n) is 4.39. The molecule has 0 aliphatic heterocycles. The molecule has 2 amide bonds. The van der Waals surface area contributed by atoms with E-state index in [0.717, 1.165) is 18.4 Å². The van der Waals surface area contributed by atoms with Gasteiger partial charge in [-0.3, -0.25) is 9.88 Å². The number of hydrogen-bond donors (Lipinski definition) is 2.